The summed E-state index contributed by atoms with van der Waals surface area (Å²) in [7, 11) is 0. The number of carbonyl (C=O) groups is 2. The molecule has 0 radical (unpaired) electrons. The van der Waals surface area contributed by atoms with Crippen LogP contribution in [0.2, 0.25) is 0 Å². The molecule has 188 valence electrons. The second-order valence-corrected chi connectivity index (χ2v) is 9.36. The molecular weight excluding hydrogens is 470 g/mol. The van der Waals surface area contributed by atoms with Crippen LogP contribution in [0.4, 0.5) is 5.82 Å². The number of aromatic amines is 1. The van der Waals surface area contributed by atoms with Gasteiger partial charge in [0.25, 0.3) is 5.91 Å². The summed E-state index contributed by atoms with van der Waals surface area (Å²) >= 11 is 0. The second kappa shape index (κ2) is 10.0. The Hall–Kier alpha value is -4.24. The first-order valence-corrected chi connectivity index (χ1v) is 12.5. The summed E-state index contributed by atoms with van der Waals surface area (Å²) in [6, 6.07) is 16.6. The van der Waals surface area contributed by atoms with E-state index in [4.69, 9.17) is 9.47 Å². The summed E-state index contributed by atoms with van der Waals surface area (Å²) in [4.78, 5) is 39.9. The van der Waals surface area contributed by atoms with Crippen LogP contribution in [0.5, 0.6) is 11.5 Å². The molecule has 4 heterocycles. The topological polar surface area (TPSA) is 113 Å². The van der Waals surface area contributed by atoms with Gasteiger partial charge >= 0.3 is 0 Å². The number of benzene rings is 2. The number of ketones is 1. The van der Waals surface area contributed by atoms with E-state index in [0.29, 0.717) is 46.9 Å². The maximum atomic E-state index is 13.5. The molecule has 2 aromatic heterocycles. The van der Waals surface area contributed by atoms with E-state index in [2.05, 4.69) is 20.3 Å². The van der Waals surface area contributed by atoms with Gasteiger partial charge in [-0.25, -0.2) is 9.97 Å². The lowest BCUT2D eigenvalue weighted by Crippen LogP contribution is -2.41. The number of carbonyl (C=O) groups excluding carboxylic acids is 2. The van der Waals surface area contributed by atoms with Crippen molar-refractivity contribution in [3.63, 3.8) is 0 Å². The lowest BCUT2D eigenvalue weighted by molar-refractivity contribution is -0.132. The molecule has 2 N–H and O–H groups in total. The number of aromatic nitrogens is 3. The zero-order valence-corrected chi connectivity index (χ0v) is 20.2. The number of H-pyrrole nitrogens is 1. The number of fused-ring (bicyclic) bond motifs is 1. The fourth-order valence-corrected chi connectivity index (χ4v) is 4.75. The molecule has 2 aromatic carbocycles. The zero-order chi connectivity index (χ0) is 25.2. The number of ether oxygens (including phenoxy) is 2. The van der Waals surface area contributed by atoms with Gasteiger partial charge in [0.1, 0.15) is 29.3 Å². The lowest BCUT2D eigenvalue weighted by atomic mass is 10.0. The molecule has 2 fully saturated rings. The van der Waals surface area contributed by atoms with E-state index in [-0.39, 0.29) is 23.8 Å². The fraction of sp³-hybridized carbons (Fsp3) is 0.286. The highest BCUT2D eigenvalue weighted by Gasteiger charge is 2.36. The Labute approximate surface area is 213 Å². The standard InChI is InChI=1S/C28H27N5O4/c34-25(18-9-11-21(12-10-18)37-20-7-2-1-3-8-20)22-14-29-26-24(22)27(31-17-30-26)32-19-6-4-5-13-33(15-19)28(35)23-16-36-23/h1-3,7-12,14,17,19,23H,4-6,13,15-16H2,(H2,29,30,31,32). The van der Waals surface area contributed by atoms with E-state index in [1.165, 1.54) is 6.33 Å². The quantitative estimate of drug-likeness (QED) is 0.291. The van der Waals surface area contributed by atoms with E-state index in [1.54, 1.807) is 30.5 Å². The zero-order valence-electron chi connectivity index (χ0n) is 20.2. The fourth-order valence-electron chi connectivity index (χ4n) is 4.75. The van der Waals surface area contributed by atoms with Crippen molar-refractivity contribution in [1.29, 1.82) is 0 Å². The van der Waals surface area contributed by atoms with Crippen LogP contribution < -0.4 is 10.1 Å². The van der Waals surface area contributed by atoms with Gasteiger partial charge in [0.2, 0.25) is 0 Å². The third kappa shape index (κ3) is 5.03. The van der Waals surface area contributed by atoms with E-state index < -0.39 is 0 Å². The number of amides is 1. The molecular formula is C28H27N5O4. The van der Waals surface area contributed by atoms with Crippen molar-refractivity contribution in [2.24, 2.45) is 0 Å². The summed E-state index contributed by atoms with van der Waals surface area (Å²) in [6.45, 7) is 1.81. The van der Waals surface area contributed by atoms with Crippen molar-refractivity contribution in [3.05, 3.63) is 78.2 Å². The highest BCUT2D eigenvalue weighted by molar-refractivity contribution is 6.18. The summed E-state index contributed by atoms with van der Waals surface area (Å²) in [5, 5.41) is 4.14. The van der Waals surface area contributed by atoms with Crippen LogP contribution in [-0.2, 0) is 9.53 Å². The Morgan fingerprint density at radius 3 is 2.59 bits per heavy atom. The molecule has 2 aliphatic rings. The third-order valence-electron chi connectivity index (χ3n) is 6.74. The molecule has 0 aliphatic carbocycles. The minimum absolute atomic E-state index is 0.00979. The Morgan fingerprint density at radius 2 is 1.81 bits per heavy atom. The van der Waals surface area contributed by atoms with Crippen molar-refractivity contribution in [3.8, 4) is 11.5 Å². The monoisotopic (exact) mass is 497 g/mol. The number of likely N-dealkylation sites (tertiary alicyclic amines) is 1. The predicted molar refractivity (Wildman–Crippen MR) is 138 cm³/mol. The lowest BCUT2D eigenvalue weighted by Gasteiger charge is -2.25. The molecule has 6 rings (SSSR count). The van der Waals surface area contributed by atoms with Gasteiger partial charge in [-0.15, -0.1) is 0 Å². The molecule has 2 atom stereocenters. The number of rotatable bonds is 7. The van der Waals surface area contributed by atoms with Gasteiger partial charge in [-0.05, 0) is 55.7 Å². The highest BCUT2D eigenvalue weighted by atomic mass is 16.6. The van der Waals surface area contributed by atoms with Gasteiger partial charge in [-0.3, -0.25) is 9.59 Å². The van der Waals surface area contributed by atoms with Crippen molar-refractivity contribution in [2.45, 2.75) is 31.4 Å². The van der Waals surface area contributed by atoms with Crippen molar-refractivity contribution in [2.75, 3.05) is 25.0 Å². The Morgan fingerprint density at radius 1 is 1.03 bits per heavy atom. The van der Waals surface area contributed by atoms with Gasteiger partial charge in [-0.1, -0.05) is 18.2 Å². The first-order valence-electron chi connectivity index (χ1n) is 12.5. The number of para-hydroxylation sites is 1. The van der Waals surface area contributed by atoms with Gasteiger partial charge in [0.05, 0.1) is 17.6 Å². The number of nitrogens with one attached hydrogen (secondary N) is 2. The average molecular weight is 498 g/mol. The maximum absolute atomic E-state index is 13.5. The van der Waals surface area contributed by atoms with E-state index >= 15 is 0 Å². The first kappa shape index (κ1) is 23.2. The van der Waals surface area contributed by atoms with E-state index in [9.17, 15) is 9.59 Å². The third-order valence-corrected chi connectivity index (χ3v) is 6.74. The van der Waals surface area contributed by atoms with Crippen LogP contribution in [0.3, 0.4) is 0 Å². The molecule has 2 saturated heterocycles. The number of hydrogen-bond acceptors (Lipinski definition) is 7. The molecule has 9 heteroatoms. The van der Waals surface area contributed by atoms with Crippen molar-refractivity contribution >= 4 is 28.5 Å². The SMILES string of the molecule is O=C(c1ccc(Oc2ccccc2)cc1)c1c[nH]c2ncnc(NC3CCCCN(C(=O)C4CO4)C3)c12. The molecule has 4 aromatic rings. The van der Waals surface area contributed by atoms with Crippen LogP contribution in [0.15, 0.2) is 67.1 Å². The molecule has 0 bridgehead atoms. The summed E-state index contributed by atoms with van der Waals surface area (Å²) < 4.78 is 11.1. The maximum Gasteiger partial charge on any atom is 0.254 e. The summed E-state index contributed by atoms with van der Waals surface area (Å²) in [5.41, 5.74) is 1.60. The Kier molecular flexibility index (Phi) is 6.28. The number of epoxide rings is 1. The number of hydrogen-bond donors (Lipinski definition) is 2. The minimum atomic E-state index is -0.289. The molecule has 0 spiro atoms. The van der Waals surface area contributed by atoms with Gasteiger partial charge in [0.15, 0.2) is 11.9 Å². The Balaban J connectivity index is 1.23. The summed E-state index contributed by atoms with van der Waals surface area (Å²) in [5.74, 6) is 1.88. The molecule has 37 heavy (non-hydrogen) atoms. The molecule has 2 aliphatic heterocycles. The van der Waals surface area contributed by atoms with Gasteiger partial charge in [-0.2, -0.15) is 0 Å². The smallest absolute Gasteiger partial charge is 0.254 e. The molecule has 9 nitrogen and oxygen atoms in total. The largest absolute Gasteiger partial charge is 0.457 e. The van der Waals surface area contributed by atoms with Gasteiger partial charge < -0.3 is 24.7 Å². The van der Waals surface area contributed by atoms with E-state index in [0.717, 1.165) is 31.6 Å². The van der Waals surface area contributed by atoms with Gasteiger partial charge in [0, 0.05) is 30.9 Å². The normalized spacial score (nSPS) is 19.3. The first-order chi connectivity index (χ1) is 18.2. The summed E-state index contributed by atoms with van der Waals surface area (Å²) in [6.07, 6.45) is 5.71. The minimum Gasteiger partial charge on any atom is -0.457 e. The Bertz CT molecular complexity index is 1420. The van der Waals surface area contributed by atoms with Crippen LogP contribution >= 0.6 is 0 Å². The number of nitrogens with zero attached hydrogens (tertiary/aromatic N) is 3. The van der Waals surface area contributed by atoms with E-state index in [1.807, 2.05) is 35.2 Å². The van der Waals surface area contributed by atoms with Crippen LogP contribution in [0.1, 0.15) is 35.2 Å². The average Bonchev–Trinajstić information content (AvgIpc) is 3.72. The van der Waals surface area contributed by atoms with Crippen LogP contribution in [0, 0.1) is 0 Å². The highest BCUT2D eigenvalue weighted by Crippen LogP contribution is 2.29. The molecule has 0 saturated carbocycles. The van der Waals surface area contributed by atoms with Crippen molar-refractivity contribution in [1.82, 2.24) is 19.9 Å². The van der Waals surface area contributed by atoms with Crippen molar-refractivity contribution < 1.29 is 19.1 Å². The second-order valence-electron chi connectivity index (χ2n) is 9.36. The molecule has 1 amide bonds. The molecule has 2 unspecified atom stereocenters. The van der Waals surface area contributed by atoms with Crippen LogP contribution in [-0.4, -0.2) is 63.4 Å². The number of anilines is 1. The predicted octanol–water partition coefficient (Wildman–Crippen LogP) is 4.17. The van der Waals surface area contributed by atoms with Crippen LogP contribution in [0.25, 0.3) is 11.0 Å².